The zero-order chi connectivity index (χ0) is 13.8. The number of nitrogens with zero attached hydrogens (tertiary/aromatic N) is 3. The summed E-state index contributed by atoms with van der Waals surface area (Å²) in [6.45, 7) is 1.44. The van der Waals surface area contributed by atoms with Crippen molar-refractivity contribution in [2.24, 2.45) is 0 Å². The van der Waals surface area contributed by atoms with Crippen LogP contribution in [0.1, 0.15) is 12.1 Å². The maximum absolute atomic E-state index is 11.9. The fraction of sp³-hybridized carbons (Fsp3) is 0.462. The van der Waals surface area contributed by atoms with Crippen molar-refractivity contribution < 1.29 is 14.7 Å². The fourth-order valence-electron chi connectivity index (χ4n) is 2.24. The fourth-order valence-corrected chi connectivity index (χ4v) is 2.24. The number of carbonyl (C=O) groups is 2. The van der Waals surface area contributed by atoms with E-state index in [1.165, 1.54) is 4.90 Å². The third kappa shape index (κ3) is 3.51. The molecule has 1 fully saturated rings. The van der Waals surface area contributed by atoms with E-state index in [1.54, 1.807) is 13.2 Å². The van der Waals surface area contributed by atoms with Gasteiger partial charge in [-0.25, -0.2) is 0 Å². The summed E-state index contributed by atoms with van der Waals surface area (Å²) >= 11 is 0. The van der Waals surface area contributed by atoms with E-state index in [2.05, 4.69) is 4.98 Å². The van der Waals surface area contributed by atoms with Gasteiger partial charge >= 0.3 is 5.97 Å². The second kappa shape index (κ2) is 5.79. The highest BCUT2D eigenvalue weighted by Crippen LogP contribution is 2.14. The Balaban J connectivity index is 2.02. The molecule has 0 saturated carbocycles. The zero-order valence-electron chi connectivity index (χ0n) is 10.8. The van der Waals surface area contributed by atoms with Crippen molar-refractivity contribution in [1.29, 1.82) is 0 Å². The molecule has 2 heterocycles. The van der Waals surface area contributed by atoms with Gasteiger partial charge in [-0.1, -0.05) is 6.07 Å². The van der Waals surface area contributed by atoms with E-state index in [1.807, 2.05) is 23.1 Å². The van der Waals surface area contributed by atoms with Gasteiger partial charge in [-0.2, -0.15) is 0 Å². The first-order chi connectivity index (χ1) is 9.06. The van der Waals surface area contributed by atoms with Crippen molar-refractivity contribution in [1.82, 2.24) is 14.8 Å². The number of likely N-dealkylation sites (N-methyl/N-ethyl adjacent to an activating group) is 1. The largest absolute Gasteiger partial charge is 0.481 e. The first kappa shape index (κ1) is 13.5. The van der Waals surface area contributed by atoms with Crippen LogP contribution in [0.4, 0.5) is 0 Å². The molecule has 1 aliphatic rings. The van der Waals surface area contributed by atoms with E-state index in [-0.39, 0.29) is 18.4 Å². The average Bonchev–Trinajstić information content (AvgIpc) is 2.36. The Labute approximate surface area is 111 Å². The summed E-state index contributed by atoms with van der Waals surface area (Å²) in [7, 11) is 1.66. The third-order valence-corrected chi connectivity index (χ3v) is 3.29. The van der Waals surface area contributed by atoms with Crippen molar-refractivity contribution in [3.8, 4) is 0 Å². The lowest BCUT2D eigenvalue weighted by Crippen LogP contribution is -2.55. The lowest BCUT2D eigenvalue weighted by molar-refractivity contribution is -0.144. The molecule has 1 atom stereocenters. The molecule has 1 aromatic heterocycles. The van der Waals surface area contributed by atoms with Crippen molar-refractivity contribution in [2.75, 3.05) is 20.1 Å². The second-order valence-corrected chi connectivity index (χ2v) is 4.75. The maximum atomic E-state index is 11.9. The summed E-state index contributed by atoms with van der Waals surface area (Å²) in [6, 6.07) is 5.36. The first-order valence-corrected chi connectivity index (χ1v) is 6.16. The molecule has 0 aliphatic carbocycles. The smallest absolute Gasteiger partial charge is 0.305 e. The number of pyridine rings is 1. The van der Waals surface area contributed by atoms with Gasteiger partial charge in [0.15, 0.2) is 0 Å². The van der Waals surface area contributed by atoms with Crippen LogP contribution >= 0.6 is 0 Å². The number of carboxylic acid groups (broad SMARTS) is 1. The number of aliphatic carboxylic acids is 1. The van der Waals surface area contributed by atoms with Gasteiger partial charge in [-0.05, 0) is 12.1 Å². The van der Waals surface area contributed by atoms with Gasteiger partial charge in [0.25, 0.3) is 0 Å². The number of amides is 1. The van der Waals surface area contributed by atoms with Crippen LogP contribution < -0.4 is 0 Å². The van der Waals surface area contributed by atoms with Crippen molar-refractivity contribution >= 4 is 11.9 Å². The maximum Gasteiger partial charge on any atom is 0.305 e. The molecule has 6 nitrogen and oxygen atoms in total. The molecule has 1 saturated heterocycles. The molecule has 0 bridgehead atoms. The van der Waals surface area contributed by atoms with Gasteiger partial charge in [0.2, 0.25) is 5.91 Å². The number of carboxylic acids is 1. The number of rotatable bonds is 4. The number of hydrogen-bond acceptors (Lipinski definition) is 4. The molecule has 6 heteroatoms. The minimum absolute atomic E-state index is 0.0268. The standard InChI is InChI=1S/C13H17N3O3/c1-15-11(6-13(18)19)8-16(9-12(15)17)7-10-4-2-3-5-14-10/h2-5,11H,6-9H2,1H3,(H,18,19). The normalized spacial score (nSPS) is 20.6. The monoisotopic (exact) mass is 263 g/mol. The van der Waals surface area contributed by atoms with Gasteiger partial charge in [-0.15, -0.1) is 0 Å². The van der Waals surface area contributed by atoms with E-state index < -0.39 is 5.97 Å². The highest BCUT2D eigenvalue weighted by Gasteiger charge is 2.31. The Morgan fingerprint density at radius 1 is 1.53 bits per heavy atom. The molecule has 0 radical (unpaired) electrons. The second-order valence-electron chi connectivity index (χ2n) is 4.75. The highest BCUT2D eigenvalue weighted by atomic mass is 16.4. The molecule has 0 spiro atoms. The Kier molecular flexibility index (Phi) is 4.11. The molecule has 19 heavy (non-hydrogen) atoms. The lowest BCUT2D eigenvalue weighted by Gasteiger charge is -2.38. The van der Waals surface area contributed by atoms with Gasteiger partial charge in [0, 0.05) is 26.3 Å². The predicted octanol–water partition coefficient (Wildman–Crippen LogP) is 0.199. The molecule has 1 aromatic rings. The van der Waals surface area contributed by atoms with E-state index in [4.69, 9.17) is 5.11 Å². The lowest BCUT2D eigenvalue weighted by atomic mass is 10.1. The Hall–Kier alpha value is -1.95. The van der Waals surface area contributed by atoms with Crippen LogP contribution in [0.25, 0.3) is 0 Å². The van der Waals surface area contributed by atoms with Gasteiger partial charge < -0.3 is 10.0 Å². The van der Waals surface area contributed by atoms with Gasteiger partial charge in [0.05, 0.1) is 24.7 Å². The van der Waals surface area contributed by atoms with Crippen molar-refractivity contribution in [3.05, 3.63) is 30.1 Å². The van der Waals surface area contributed by atoms with E-state index in [0.29, 0.717) is 19.6 Å². The topological polar surface area (TPSA) is 73.7 Å². The van der Waals surface area contributed by atoms with Crippen LogP contribution in [0.3, 0.4) is 0 Å². The molecule has 1 aliphatic heterocycles. The van der Waals surface area contributed by atoms with E-state index in [9.17, 15) is 9.59 Å². The SMILES string of the molecule is CN1C(=O)CN(Cc2ccccn2)CC1CC(=O)O. The van der Waals surface area contributed by atoms with Crippen LogP contribution in [-0.4, -0.2) is 57.9 Å². The molecule has 1 N–H and O–H groups in total. The highest BCUT2D eigenvalue weighted by molar-refractivity contribution is 5.80. The number of piperazine rings is 1. The number of carbonyl (C=O) groups excluding carboxylic acids is 1. The Morgan fingerprint density at radius 3 is 2.95 bits per heavy atom. The average molecular weight is 263 g/mol. The molecular weight excluding hydrogens is 246 g/mol. The van der Waals surface area contributed by atoms with Crippen LogP contribution in [0.2, 0.25) is 0 Å². The summed E-state index contributed by atoms with van der Waals surface area (Å²) in [5, 5.41) is 8.88. The minimum atomic E-state index is -0.885. The zero-order valence-corrected chi connectivity index (χ0v) is 10.8. The van der Waals surface area contributed by atoms with Crippen LogP contribution in [0.5, 0.6) is 0 Å². The van der Waals surface area contributed by atoms with Crippen LogP contribution in [-0.2, 0) is 16.1 Å². The number of aromatic nitrogens is 1. The van der Waals surface area contributed by atoms with Gasteiger partial charge in [-0.3, -0.25) is 19.5 Å². The van der Waals surface area contributed by atoms with E-state index >= 15 is 0 Å². The first-order valence-electron chi connectivity index (χ1n) is 6.16. The summed E-state index contributed by atoms with van der Waals surface area (Å²) < 4.78 is 0. The molecule has 1 amide bonds. The molecular formula is C13H17N3O3. The molecule has 2 rings (SSSR count). The van der Waals surface area contributed by atoms with Crippen LogP contribution in [0.15, 0.2) is 24.4 Å². The Morgan fingerprint density at radius 2 is 2.32 bits per heavy atom. The summed E-state index contributed by atoms with van der Waals surface area (Å²) in [4.78, 5) is 30.4. The van der Waals surface area contributed by atoms with Crippen LogP contribution in [0, 0.1) is 0 Å². The quantitative estimate of drug-likeness (QED) is 0.840. The number of hydrogen-bond donors (Lipinski definition) is 1. The van der Waals surface area contributed by atoms with E-state index in [0.717, 1.165) is 5.69 Å². The minimum Gasteiger partial charge on any atom is -0.481 e. The van der Waals surface area contributed by atoms with Crippen molar-refractivity contribution in [2.45, 2.75) is 19.0 Å². The van der Waals surface area contributed by atoms with Crippen molar-refractivity contribution in [3.63, 3.8) is 0 Å². The predicted molar refractivity (Wildman–Crippen MR) is 68.3 cm³/mol. The summed E-state index contributed by atoms with van der Waals surface area (Å²) in [6.07, 6.45) is 1.68. The molecule has 1 unspecified atom stereocenters. The van der Waals surface area contributed by atoms with Gasteiger partial charge in [0.1, 0.15) is 0 Å². The molecule has 0 aromatic carbocycles. The Bertz CT molecular complexity index is 463. The third-order valence-electron chi connectivity index (χ3n) is 3.29. The summed E-state index contributed by atoms with van der Waals surface area (Å²) in [5.74, 6) is -0.933. The molecule has 102 valence electrons. The summed E-state index contributed by atoms with van der Waals surface area (Å²) in [5.41, 5.74) is 0.883.